The second-order valence-electron chi connectivity index (χ2n) is 5.25. The molecule has 0 radical (unpaired) electrons. The highest BCUT2D eigenvalue weighted by Crippen LogP contribution is 2.32. The van der Waals surface area contributed by atoms with Gasteiger partial charge >= 0.3 is 0 Å². The molecule has 26 heavy (non-hydrogen) atoms. The largest absolute Gasteiger partial charge is 0.507 e. The van der Waals surface area contributed by atoms with E-state index in [9.17, 15) is 20.0 Å². The van der Waals surface area contributed by atoms with E-state index in [1.165, 1.54) is 12.1 Å². The Morgan fingerprint density at radius 3 is 2.58 bits per heavy atom. The molecular formula is C16H14Br2N4O4. The first-order chi connectivity index (χ1) is 12.3. The van der Waals surface area contributed by atoms with Gasteiger partial charge in [0.25, 0.3) is 11.6 Å². The lowest BCUT2D eigenvalue weighted by Crippen LogP contribution is -2.26. The number of amides is 1. The van der Waals surface area contributed by atoms with Crippen molar-refractivity contribution in [1.82, 2.24) is 5.43 Å². The van der Waals surface area contributed by atoms with Crippen molar-refractivity contribution in [3.8, 4) is 5.75 Å². The summed E-state index contributed by atoms with van der Waals surface area (Å²) >= 11 is 6.84. The molecule has 2 aromatic rings. The maximum absolute atomic E-state index is 11.9. The van der Waals surface area contributed by atoms with Crippen LogP contribution in [0.5, 0.6) is 5.75 Å². The van der Waals surface area contributed by atoms with Gasteiger partial charge in [-0.2, -0.15) is 5.10 Å². The number of hydrazone groups is 1. The number of halogens is 2. The highest BCUT2D eigenvalue weighted by Gasteiger charge is 2.10. The zero-order chi connectivity index (χ0) is 19.3. The third-order valence-corrected chi connectivity index (χ3v) is 4.48. The topological polar surface area (TPSA) is 117 Å². The molecule has 8 nitrogen and oxygen atoms in total. The second kappa shape index (κ2) is 8.77. The number of nitrogens with zero attached hydrogens (tertiary/aromatic N) is 2. The van der Waals surface area contributed by atoms with E-state index >= 15 is 0 Å². The number of carbonyl (C=O) groups is 1. The summed E-state index contributed by atoms with van der Waals surface area (Å²) in [6, 6.07) is 7.34. The number of rotatable bonds is 6. The fraction of sp³-hybridized carbons (Fsp3) is 0.125. The monoisotopic (exact) mass is 484 g/mol. The highest BCUT2D eigenvalue weighted by atomic mass is 79.9. The van der Waals surface area contributed by atoms with E-state index in [4.69, 9.17) is 0 Å². The first-order valence-electron chi connectivity index (χ1n) is 7.26. The summed E-state index contributed by atoms with van der Waals surface area (Å²) in [4.78, 5) is 22.0. The standard InChI is InChI=1S/C16H14Br2N4O4/c1-9-4-12(17)16(13(18)5-9)19-8-15(24)21-20-7-10-6-11(22(25)26)2-3-14(10)23/h2-7,19,23H,8H2,1H3,(H,21,24)/b20-7-. The summed E-state index contributed by atoms with van der Waals surface area (Å²) in [5.41, 5.74) is 4.00. The van der Waals surface area contributed by atoms with E-state index in [0.29, 0.717) is 0 Å². The molecule has 0 aliphatic rings. The Hall–Kier alpha value is -2.46. The number of aromatic hydroxyl groups is 1. The average molecular weight is 486 g/mol. The van der Waals surface area contributed by atoms with Crippen molar-refractivity contribution in [3.63, 3.8) is 0 Å². The predicted molar refractivity (Wildman–Crippen MR) is 106 cm³/mol. The molecule has 0 saturated heterocycles. The van der Waals surface area contributed by atoms with Gasteiger partial charge in [0.15, 0.2) is 0 Å². The van der Waals surface area contributed by atoms with Crippen LogP contribution in [0, 0.1) is 17.0 Å². The molecule has 0 bridgehead atoms. The van der Waals surface area contributed by atoms with Crippen molar-refractivity contribution < 1.29 is 14.8 Å². The van der Waals surface area contributed by atoms with Gasteiger partial charge in [-0.1, -0.05) is 0 Å². The van der Waals surface area contributed by atoms with Crippen LogP contribution < -0.4 is 10.7 Å². The normalized spacial score (nSPS) is 10.7. The number of nitro groups is 1. The van der Waals surface area contributed by atoms with Gasteiger partial charge in [0, 0.05) is 26.6 Å². The molecule has 0 aliphatic heterocycles. The number of aryl methyl sites for hydroxylation is 1. The first-order valence-corrected chi connectivity index (χ1v) is 8.85. The van der Waals surface area contributed by atoms with Crippen LogP contribution in [0.4, 0.5) is 11.4 Å². The Bertz CT molecular complexity index is 864. The molecule has 0 fully saturated rings. The van der Waals surface area contributed by atoms with E-state index in [1.54, 1.807) is 0 Å². The Kier molecular flexibility index (Phi) is 6.70. The van der Waals surface area contributed by atoms with Crippen LogP contribution in [0.15, 0.2) is 44.4 Å². The number of non-ortho nitro benzene ring substituents is 1. The lowest BCUT2D eigenvalue weighted by atomic mass is 10.2. The molecule has 2 aromatic carbocycles. The number of hydrogen-bond donors (Lipinski definition) is 3. The Balaban J connectivity index is 1.96. The molecule has 10 heteroatoms. The lowest BCUT2D eigenvalue weighted by molar-refractivity contribution is -0.384. The number of benzene rings is 2. The minimum atomic E-state index is -0.587. The van der Waals surface area contributed by atoms with E-state index in [1.807, 2.05) is 19.1 Å². The van der Waals surface area contributed by atoms with Crippen molar-refractivity contribution in [2.45, 2.75) is 6.92 Å². The zero-order valence-corrected chi connectivity index (χ0v) is 16.7. The summed E-state index contributed by atoms with van der Waals surface area (Å²) in [5, 5.41) is 27.1. The number of hydrogen-bond acceptors (Lipinski definition) is 6. The smallest absolute Gasteiger partial charge is 0.270 e. The summed E-state index contributed by atoms with van der Waals surface area (Å²) < 4.78 is 1.62. The molecule has 0 aromatic heterocycles. The maximum atomic E-state index is 11.9. The molecule has 0 aliphatic carbocycles. The van der Waals surface area contributed by atoms with E-state index in [-0.39, 0.29) is 23.5 Å². The van der Waals surface area contributed by atoms with Gasteiger partial charge in [-0.15, -0.1) is 0 Å². The maximum Gasteiger partial charge on any atom is 0.270 e. The van der Waals surface area contributed by atoms with Gasteiger partial charge in [0.1, 0.15) is 5.75 Å². The fourth-order valence-corrected chi connectivity index (χ4v) is 3.71. The average Bonchev–Trinajstić information content (AvgIpc) is 2.55. The molecule has 0 atom stereocenters. The number of nitrogens with one attached hydrogen (secondary N) is 2. The molecule has 1 amide bonds. The van der Waals surface area contributed by atoms with Crippen molar-refractivity contribution in [3.05, 3.63) is 60.5 Å². The minimum Gasteiger partial charge on any atom is -0.507 e. The van der Waals surface area contributed by atoms with Crippen LogP contribution in [0.1, 0.15) is 11.1 Å². The predicted octanol–water partition coefficient (Wildman–Crippen LogP) is 3.70. The van der Waals surface area contributed by atoms with Gasteiger partial charge in [-0.25, -0.2) is 5.43 Å². The van der Waals surface area contributed by atoms with Crippen molar-refractivity contribution in [2.24, 2.45) is 5.10 Å². The number of nitro benzene ring substituents is 1. The first kappa shape index (κ1) is 19.9. The Morgan fingerprint density at radius 2 is 1.96 bits per heavy atom. The molecule has 0 heterocycles. The van der Waals surface area contributed by atoms with Gasteiger partial charge < -0.3 is 10.4 Å². The van der Waals surface area contributed by atoms with E-state index < -0.39 is 10.8 Å². The summed E-state index contributed by atoms with van der Waals surface area (Å²) in [7, 11) is 0. The van der Waals surface area contributed by atoms with Gasteiger partial charge in [0.05, 0.1) is 23.4 Å². The van der Waals surface area contributed by atoms with Crippen LogP contribution in [-0.4, -0.2) is 28.7 Å². The number of anilines is 1. The number of phenols is 1. The third kappa shape index (κ3) is 5.27. The fourth-order valence-electron chi connectivity index (χ4n) is 2.01. The molecular weight excluding hydrogens is 472 g/mol. The van der Waals surface area contributed by atoms with Crippen molar-refractivity contribution in [2.75, 3.05) is 11.9 Å². The van der Waals surface area contributed by atoms with Crippen LogP contribution in [0.25, 0.3) is 0 Å². The SMILES string of the molecule is Cc1cc(Br)c(NCC(=O)N/N=C\c2cc([N+](=O)[O-])ccc2O)c(Br)c1. The quantitative estimate of drug-likeness (QED) is 0.327. The molecule has 0 saturated carbocycles. The van der Waals surface area contributed by atoms with Gasteiger partial charge in [-0.3, -0.25) is 14.9 Å². The Morgan fingerprint density at radius 1 is 1.31 bits per heavy atom. The summed E-state index contributed by atoms with van der Waals surface area (Å²) in [5.74, 6) is -0.607. The van der Waals surface area contributed by atoms with Gasteiger partial charge in [-0.05, 0) is 62.5 Å². The van der Waals surface area contributed by atoms with Crippen molar-refractivity contribution in [1.29, 1.82) is 0 Å². The number of carbonyl (C=O) groups excluding carboxylic acids is 1. The molecule has 3 N–H and O–H groups in total. The summed E-state index contributed by atoms with van der Waals surface area (Å²) in [6.07, 6.45) is 1.14. The zero-order valence-electron chi connectivity index (χ0n) is 13.5. The molecule has 2 rings (SSSR count). The van der Waals surface area contributed by atoms with E-state index in [0.717, 1.165) is 32.5 Å². The molecule has 136 valence electrons. The minimum absolute atomic E-state index is 0.0431. The van der Waals surface area contributed by atoms with Crippen LogP contribution in [0.2, 0.25) is 0 Å². The molecule has 0 unspecified atom stereocenters. The van der Waals surface area contributed by atoms with Gasteiger partial charge in [0.2, 0.25) is 0 Å². The third-order valence-electron chi connectivity index (χ3n) is 3.23. The van der Waals surface area contributed by atoms with Crippen LogP contribution in [-0.2, 0) is 4.79 Å². The summed E-state index contributed by atoms with van der Waals surface area (Å²) in [6.45, 7) is 1.91. The van der Waals surface area contributed by atoms with E-state index in [2.05, 4.69) is 47.7 Å². The molecule has 0 spiro atoms. The number of phenolic OH excluding ortho intramolecular Hbond substituents is 1. The van der Waals surface area contributed by atoms with Crippen molar-refractivity contribution >= 4 is 55.4 Å². The van der Waals surface area contributed by atoms with Crippen LogP contribution >= 0.6 is 31.9 Å². The Labute approximate surface area is 165 Å². The second-order valence-corrected chi connectivity index (χ2v) is 6.96. The lowest BCUT2D eigenvalue weighted by Gasteiger charge is -2.11. The highest BCUT2D eigenvalue weighted by molar-refractivity contribution is 9.11. The van der Waals surface area contributed by atoms with Crippen LogP contribution in [0.3, 0.4) is 0 Å².